The number of hydrogen-bond donors (Lipinski definition) is 1. The Morgan fingerprint density at radius 3 is 1.45 bits per heavy atom. The first kappa shape index (κ1) is 28.2. The van der Waals surface area contributed by atoms with E-state index in [1.807, 2.05) is 121 Å². The molecule has 4 aromatic rings. The van der Waals surface area contributed by atoms with E-state index in [1.54, 1.807) is 6.92 Å². The van der Waals surface area contributed by atoms with Gasteiger partial charge in [0.1, 0.15) is 18.8 Å². The summed E-state index contributed by atoms with van der Waals surface area (Å²) in [6.45, 7) is 2.76. The van der Waals surface area contributed by atoms with E-state index in [-0.39, 0.29) is 26.4 Å². The van der Waals surface area contributed by atoms with Crippen LogP contribution in [0.5, 0.6) is 0 Å². The third-order valence-corrected chi connectivity index (χ3v) is 6.90. The van der Waals surface area contributed by atoms with E-state index in [9.17, 15) is 5.11 Å². The summed E-state index contributed by atoms with van der Waals surface area (Å²) in [6.07, 6.45) is -1.65. The van der Waals surface area contributed by atoms with Gasteiger partial charge in [-0.3, -0.25) is 0 Å². The summed E-state index contributed by atoms with van der Waals surface area (Å²) in [4.78, 5) is 0. The van der Waals surface area contributed by atoms with Crippen molar-refractivity contribution in [2.75, 3.05) is 6.61 Å². The second-order valence-electron chi connectivity index (χ2n) is 10.2. The van der Waals surface area contributed by atoms with Gasteiger partial charge in [-0.25, -0.2) is 0 Å². The molecule has 0 amide bonds. The molecule has 4 aromatic carbocycles. The van der Waals surface area contributed by atoms with Gasteiger partial charge in [0.2, 0.25) is 5.79 Å². The molecule has 1 aliphatic heterocycles. The zero-order chi connectivity index (χ0) is 27.7. The highest BCUT2D eigenvalue weighted by atomic mass is 16.8. The zero-order valence-electron chi connectivity index (χ0n) is 22.7. The van der Waals surface area contributed by atoms with Gasteiger partial charge in [-0.05, 0) is 29.2 Å². The number of rotatable bonds is 13. The van der Waals surface area contributed by atoms with E-state index in [0.717, 1.165) is 22.3 Å². The minimum absolute atomic E-state index is 0.0233. The number of hydrogen-bond acceptors (Lipinski definition) is 6. The van der Waals surface area contributed by atoms with Gasteiger partial charge in [-0.1, -0.05) is 121 Å². The fraction of sp³-hybridized carbons (Fsp3) is 0.294. The Kier molecular flexibility index (Phi) is 9.39. The van der Waals surface area contributed by atoms with Gasteiger partial charge in [0.15, 0.2) is 5.79 Å². The van der Waals surface area contributed by atoms with Crippen LogP contribution < -0.4 is 0 Å². The first-order chi connectivity index (χ1) is 19.5. The fourth-order valence-electron chi connectivity index (χ4n) is 4.88. The van der Waals surface area contributed by atoms with Gasteiger partial charge < -0.3 is 28.8 Å². The Balaban J connectivity index is 1.43. The van der Waals surface area contributed by atoms with Crippen LogP contribution in [0.1, 0.15) is 29.2 Å². The Bertz CT molecular complexity index is 1280. The van der Waals surface area contributed by atoms with Crippen LogP contribution in [0.15, 0.2) is 121 Å². The summed E-state index contributed by atoms with van der Waals surface area (Å²) in [7, 11) is 0. The molecule has 1 N–H and O–H groups in total. The molecule has 0 saturated carbocycles. The van der Waals surface area contributed by atoms with Crippen LogP contribution in [0.4, 0.5) is 0 Å². The Morgan fingerprint density at radius 1 is 0.575 bits per heavy atom. The second-order valence-corrected chi connectivity index (χ2v) is 10.2. The highest BCUT2D eigenvalue weighted by molar-refractivity contribution is 5.17. The van der Waals surface area contributed by atoms with E-state index >= 15 is 0 Å². The van der Waals surface area contributed by atoms with Crippen molar-refractivity contribution in [2.24, 2.45) is 0 Å². The summed E-state index contributed by atoms with van der Waals surface area (Å²) in [5, 5.41) is 11.6. The van der Waals surface area contributed by atoms with Crippen molar-refractivity contribution in [1.29, 1.82) is 0 Å². The molecule has 208 valence electrons. The summed E-state index contributed by atoms with van der Waals surface area (Å²) in [6, 6.07) is 39.4. The van der Waals surface area contributed by atoms with E-state index in [1.165, 1.54) is 0 Å². The molecular formula is C34H36O6. The molecule has 0 aromatic heterocycles. The highest BCUT2D eigenvalue weighted by Crippen LogP contribution is 2.43. The van der Waals surface area contributed by atoms with Crippen LogP contribution in [0.3, 0.4) is 0 Å². The average molecular weight is 541 g/mol. The average Bonchev–Trinajstić information content (AvgIpc) is 3.21. The molecule has 0 radical (unpaired) electrons. The first-order valence-corrected chi connectivity index (χ1v) is 13.6. The van der Waals surface area contributed by atoms with Crippen molar-refractivity contribution in [2.45, 2.75) is 57.1 Å². The van der Waals surface area contributed by atoms with Crippen molar-refractivity contribution in [3.05, 3.63) is 144 Å². The molecule has 1 heterocycles. The minimum Gasteiger partial charge on any atom is -0.371 e. The largest absolute Gasteiger partial charge is 0.371 e. The zero-order valence-corrected chi connectivity index (χ0v) is 22.7. The van der Waals surface area contributed by atoms with Crippen LogP contribution in [-0.4, -0.2) is 35.5 Å². The number of ether oxygens (including phenoxy) is 5. The van der Waals surface area contributed by atoms with Gasteiger partial charge in [-0.15, -0.1) is 0 Å². The lowest BCUT2D eigenvalue weighted by Gasteiger charge is -2.34. The molecule has 6 nitrogen and oxygen atoms in total. The molecule has 1 fully saturated rings. The maximum absolute atomic E-state index is 11.6. The lowest BCUT2D eigenvalue weighted by Crippen LogP contribution is -2.51. The lowest BCUT2D eigenvalue weighted by atomic mass is 10.0. The SMILES string of the molecule is CC1(O)O[C@@](COCc2ccccc2)(OCc2ccccc2)[C@@H](OCc2ccccc2)[C@H]1OCc1ccccc1. The van der Waals surface area contributed by atoms with E-state index in [2.05, 4.69) is 0 Å². The maximum Gasteiger partial charge on any atom is 0.224 e. The molecule has 4 atom stereocenters. The predicted octanol–water partition coefficient (Wildman–Crippen LogP) is 6.03. The summed E-state index contributed by atoms with van der Waals surface area (Å²) in [5.74, 6) is -3.15. The molecule has 40 heavy (non-hydrogen) atoms. The number of benzene rings is 4. The molecule has 0 spiro atoms. The summed E-state index contributed by atoms with van der Waals surface area (Å²) in [5.41, 5.74) is 3.94. The van der Waals surface area contributed by atoms with Crippen LogP contribution in [0, 0.1) is 0 Å². The van der Waals surface area contributed by atoms with E-state index in [0.29, 0.717) is 6.61 Å². The molecule has 1 saturated heterocycles. The Hall–Kier alpha value is -3.36. The Labute approximate surface area is 236 Å². The van der Waals surface area contributed by atoms with Crippen molar-refractivity contribution >= 4 is 0 Å². The first-order valence-electron chi connectivity index (χ1n) is 13.6. The third-order valence-electron chi connectivity index (χ3n) is 6.90. The fourth-order valence-corrected chi connectivity index (χ4v) is 4.88. The van der Waals surface area contributed by atoms with E-state index < -0.39 is 23.8 Å². The van der Waals surface area contributed by atoms with Crippen LogP contribution >= 0.6 is 0 Å². The number of aliphatic hydroxyl groups is 1. The predicted molar refractivity (Wildman–Crippen MR) is 152 cm³/mol. The topological polar surface area (TPSA) is 66.4 Å². The van der Waals surface area contributed by atoms with Crippen molar-refractivity contribution in [3.63, 3.8) is 0 Å². The van der Waals surface area contributed by atoms with Crippen molar-refractivity contribution in [3.8, 4) is 0 Å². The molecule has 5 rings (SSSR count). The van der Waals surface area contributed by atoms with Gasteiger partial charge in [0, 0.05) is 0 Å². The molecule has 6 heteroatoms. The second kappa shape index (κ2) is 13.3. The van der Waals surface area contributed by atoms with Gasteiger partial charge in [-0.2, -0.15) is 0 Å². The third kappa shape index (κ3) is 7.23. The van der Waals surface area contributed by atoms with Crippen LogP contribution in [-0.2, 0) is 50.1 Å². The quantitative estimate of drug-likeness (QED) is 0.224. The molecule has 1 unspecified atom stereocenters. The van der Waals surface area contributed by atoms with Crippen LogP contribution in [0.2, 0.25) is 0 Å². The maximum atomic E-state index is 11.6. The summed E-state index contributed by atoms with van der Waals surface area (Å²) < 4.78 is 31.9. The smallest absolute Gasteiger partial charge is 0.224 e. The molecule has 0 bridgehead atoms. The molecule has 0 aliphatic carbocycles. The van der Waals surface area contributed by atoms with Crippen molar-refractivity contribution < 1.29 is 28.8 Å². The standard InChI is InChI=1S/C34H36O6/c1-33(35)31(37-23-28-16-8-3-9-17-28)32(38-24-29-18-10-4-11-19-29)34(40-33,39-25-30-20-12-5-13-21-30)26-36-22-27-14-6-2-7-15-27/h2-21,31-32,35H,22-26H2,1H3/t31-,32+,33?,34-/m1/s1. The van der Waals surface area contributed by atoms with Gasteiger partial charge >= 0.3 is 0 Å². The van der Waals surface area contributed by atoms with Gasteiger partial charge in [0.25, 0.3) is 0 Å². The van der Waals surface area contributed by atoms with Crippen molar-refractivity contribution in [1.82, 2.24) is 0 Å². The van der Waals surface area contributed by atoms with E-state index in [4.69, 9.17) is 23.7 Å². The van der Waals surface area contributed by atoms with Gasteiger partial charge in [0.05, 0.1) is 26.4 Å². The molecular weight excluding hydrogens is 504 g/mol. The Morgan fingerprint density at radius 2 is 0.975 bits per heavy atom. The monoisotopic (exact) mass is 540 g/mol. The normalized spacial score (nSPS) is 24.2. The highest BCUT2D eigenvalue weighted by Gasteiger charge is 2.63. The summed E-state index contributed by atoms with van der Waals surface area (Å²) >= 11 is 0. The minimum atomic E-state index is -1.71. The lowest BCUT2D eigenvalue weighted by molar-refractivity contribution is -0.338. The van der Waals surface area contributed by atoms with Crippen LogP contribution in [0.25, 0.3) is 0 Å². The molecule has 1 aliphatic rings.